The molecule has 2 rings (SSSR count). The van der Waals surface area contributed by atoms with E-state index in [0.717, 1.165) is 19.8 Å². The van der Waals surface area contributed by atoms with Crippen molar-refractivity contribution in [3.8, 4) is 0 Å². The lowest BCUT2D eigenvalue weighted by atomic mass is 10.1. The number of hydrogen-bond acceptors (Lipinski definition) is 4. The Morgan fingerprint density at radius 1 is 1.43 bits per heavy atom. The van der Waals surface area contributed by atoms with Crippen LogP contribution >= 0.6 is 39.5 Å². The SMILES string of the molecule is Cc1sc(Br)cc1S(=O)(=O)NCc1cccc(C(N)=S)c1. The van der Waals surface area contributed by atoms with Crippen molar-refractivity contribution in [2.45, 2.75) is 18.4 Å². The smallest absolute Gasteiger partial charge is 0.242 e. The Labute approximate surface area is 141 Å². The Morgan fingerprint density at radius 3 is 2.71 bits per heavy atom. The van der Waals surface area contributed by atoms with Gasteiger partial charge in [0, 0.05) is 17.0 Å². The molecule has 3 N–H and O–H groups in total. The first-order valence-electron chi connectivity index (χ1n) is 5.94. The molecule has 0 atom stereocenters. The van der Waals surface area contributed by atoms with Crippen LogP contribution in [0.3, 0.4) is 0 Å². The van der Waals surface area contributed by atoms with Gasteiger partial charge in [-0.15, -0.1) is 11.3 Å². The molecule has 0 spiro atoms. The van der Waals surface area contributed by atoms with E-state index in [1.54, 1.807) is 31.2 Å². The maximum Gasteiger partial charge on any atom is 0.242 e. The standard InChI is InChI=1S/C13H13BrN2O2S3/c1-8-11(6-12(14)20-8)21(17,18)16-7-9-3-2-4-10(5-9)13(15)19/h2-6,16H,7H2,1H3,(H2,15,19). The molecule has 0 saturated heterocycles. The summed E-state index contributed by atoms with van der Waals surface area (Å²) in [4.78, 5) is 1.33. The zero-order chi connectivity index (χ0) is 15.6. The van der Waals surface area contributed by atoms with E-state index >= 15 is 0 Å². The number of aryl methyl sites for hydroxylation is 1. The van der Waals surface area contributed by atoms with Gasteiger partial charge in [-0.05, 0) is 40.5 Å². The molecule has 0 saturated carbocycles. The topological polar surface area (TPSA) is 72.2 Å². The Bertz CT molecular complexity index is 784. The summed E-state index contributed by atoms with van der Waals surface area (Å²) in [6, 6.07) is 8.79. The number of halogens is 1. The fraction of sp³-hybridized carbons (Fsp3) is 0.154. The van der Waals surface area contributed by atoms with E-state index in [9.17, 15) is 8.42 Å². The minimum Gasteiger partial charge on any atom is -0.389 e. The van der Waals surface area contributed by atoms with Crippen LogP contribution < -0.4 is 10.5 Å². The molecule has 112 valence electrons. The lowest BCUT2D eigenvalue weighted by Gasteiger charge is -2.07. The summed E-state index contributed by atoms with van der Waals surface area (Å²) >= 11 is 9.59. The van der Waals surface area contributed by atoms with E-state index in [1.165, 1.54) is 11.3 Å². The van der Waals surface area contributed by atoms with Gasteiger partial charge in [0.05, 0.1) is 8.68 Å². The van der Waals surface area contributed by atoms with Gasteiger partial charge >= 0.3 is 0 Å². The number of benzene rings is 1. The molecule has 0 aliphatic carbocycles. The molecule has 0 bridgehead atoms. The molecule has 2 aromatic rings. The molecule has 0 aliphatic rings. The molecule has 0 fully saturated rings. The molecular weight excluding hydrogens is 392 g/mol. The molecule has 0 amide bonds. The quantitative estimate of drug-likeness (QED) is 0.751. The van der Waals surface area contributed by atoms with Gasteiger partial charge in [-0.3, -0.25) is 0 Å². The van der Waals surface area contributed by atoms with Gasteiger partial charge in [0.1, 0.15) is 4.99 Å². The number of thiophene rings is 1. The maximum atomic E-state index is 12.3. The average Bonchev–Trinajstić information content (AvgIpc) is 2.77. The van der Waals surface area contributed by atoms with Gasteiger partial charge in [0.2, 0.25) is 10.0 Å². The highest BCUT2D eigenvalue weighted by molar-refractivity contribution is 9.11. The van der Waals surface area contributed by atoms with Crippen LogP contribution in [0.25, 0.3) is 0 Å². The summed E-state index contributed by atoms with van der Waals surface area (Å²) in [5, 5.41) is 0. The number of rotatable bonds is 5. The fourth-order valence-electron chi connectivity index (χ4n) is 1.79. The molecule has 1 aromatic carbocycles. The van der Waals surface area contributed by atoms with E-state index in [4.69, 9.17) is 18.0 Å². The Morgan fingerprint density at radius 2 is 2.14 bits per heavy atom. The zero-order valence-electron chi connectivity index (χ0n) is 11.1. The normalized spacial score (nSPS) is 11.5. The summed E-state index contributed by atoms with van der Waals surface area (Å²) in [5.41, 5.74) is 7.09. The third-order valence-corrected chi connectivity index (χ3v) is 6.26. The number of hydrogen-bond donors (Lipinski definition) is 2. The summed E-state index contributed by atoms with van der Waals surface area (Å²) in [6.07, 6.45) is 0. The molecule has 1 heterocycles. The summed E-state index contributed by atoms with van der Waals surface area (Å²) in [5.74, 6) is 0. The van der Waals surface area contributed by atoms with Crippen molar-refractivity contribution in [3.05, 3.63) is 50.1 Å². The van der Waals surface area contributed by atoms with Crippen LogP contribution in [0.5, 0.6) is 0 Å². The summed E-state index contributed by atoms with van der Waals surface area (Å²) < 4.78 is 27.9. The molecule has 0 aliphatic heterocycles. The predicted molar refractivity (Wildman–Crippen MR) is 93.1 cm³/mol. The van der Waals surface area contributed by atoms with Crippen molar-refractivity contribution in [2.75, 3.05) is 0 Å². The highest BCUT2D eigenvalue weighted by Crippen LogP contribution is 2.29. The first-order valence-corrected chi connectivity index (χ1v) is 9.44. The van der Waals surface area contributed by atoms with Crippen LogP contribution in [-0.2, 0) is 16.6 Å². The molecule has 4 nitrogen and oxygen atoms in total. The van der Waals surface area contributed by atoms with Crippen LogP contribution in [0.1, 0.15) is 16.0 Å². The minimum atomic E-state index is -3.54. The maximum absolute atomic E-state index is 12.3. The molecular formula is C13H13BrN2O2S3. The number of nitrogens with one attached hydrogen (secondary N) is 1. The van der Waals surface area contributed by atoms with Gasteiger partial charge in [-0.1, -0.05) is 30.4 Å². The number of sulfonamides is 1. The van der Waals surface area contributed by atoms with Crippen molar-refractivity contribution in [3.63, 3.8) is 0 Å². The third-order valence-electron chi connectivity index (χ3n) is 2.81. The number of thiocarbonyl (C=S) groups is 1. The molecule has 21 heavy (non-hydrogen) atoms. The first kappa shape index (κ1) is 16.6. The second-order valence-corrected chi connectivity index (χ2v) is 9.17. The molecule has 8 heteroatoms. The lowest BCUT2D eigenvalue weighted by molar-refractivity contribution is 0.581. The second kappa shape index (κ2) is 6.53. The Kier molecular flexibility index (Phi) is 5.15. The van der Waals surface area contributed by atoms with E-state index in [-0.39, 0.29) is 11.5 Å². The number of nitrogens with two attached hydrogens (primary N) is 1. The van der Waals surface area contributed by atoms with Crippen molar-refractivity contribution in [2.24, 2.45) is 5.73 Å². The highest BCUT2D eigenvalue weighted by Gasteiger charge is 2.19. The lowest BCUT2D eigenvalue weighted by Crippen LogP contribution is -2.23. The third kappa shape index (κ3) is 4.10. The summed E-state index contributed by atoms with van der Waals surface area (Å²) in [6.45, 7) is 1.96. The molecule has 1 aromatic heterocycles. The molecule has 0 radical (unpaired) electrons. The van der Waals surface area contributed by atoms with Crippen LogP contribution in [0.15, 0.2) is 39.0 Å². The zero-order valence-corrected chi connectivity index (χ0v) is 15.1. The largest absolute Gasteiger partial charge is 0.389 e. The van der Waals surface area contributed by atoms with E-state index in [0.29, 0.717) is 4.90 Å². The first-order chi connectivity index (χ1) is 9.79. The Balaban J connectivity index is 2.17. The van der Waals surface area contributed by atoms with Crippen molar-refractivity contribution in [1.82, 2.24) is 4.72 Å². The van der Waals surface area contributed by atoms with Gasteiger partial charge in [0.15, 0.2) is 0 Å². The average molecular weight is 405 g/mol. The van der Waals surface area contributed by atoms with E-state index in [1.807, 2.05) is 6.07 Å². The van der Waals surface area contributed by atoms with Crippen molar-refractivity contribution >= 4 is 54.5 Å². The highest BCUT2D eigenvalue weighted by atomic mass is 79.9. The fourth-order valence-corrected chi connectivity index (χ4v) is 5.35. The van der Waals surface area contributed by atoms with Crippen LogP contribution in [0, 0.1) is 6.92 Å². The van der Waals surface area contributed by atoms with Crippen molar-refractivity contribution < 1.29 is 8.42 Å². The Hall–Kier alpha value is -0.800. The van der Waals surface area contributed by atoms with Gasteiger partial charge in [0.25, 0.3) is 0 Å². The van der Waals surface area contributed by atoms with Crippen LogP contribution in [-0.4, -0.2) is 13.4 Å². The van der Waals surface area contributed by atoms with Crippen LogP contribution in [0.2, 0.25) is 0 Å². The minimum absolute atomic E-state index is 0.186. The van der Waals surface area contributed by atoms with Crippen LogP contribution in [0.4, 0.5) is 0 Å². The second-order valence-electron chi connectivity index (χ2n) is 4.36. The monoisotopic (exact) mass is 404 g/mol. The summed E-state index contributed by atoms with van der Waals surface area (Å²) in [7, 11) is -3.54. The predicted octanol–water partition coefficient (Wildman–Crippen LogP) is 2.93. The van der Waals surface area contributed by atoms with Gasteiger partial charge < -0.3 is 5.73 Å². The van der Waals surface area contributed by atoms with Gasteiger partial charge in [-0.25, -0.2) is 13.1 Å². The molecule has 0 unspecified atom stereocenters. The van der Waals surface area contributed by atoms with Crippen molar-refractivity contribution in [1.29, 1.82) is 0 Å². The van der Waals surface area contributed by atoms with E-state index < -0.39 is 10.0 Å². The van der Waals surface area contributed by atoms with E-state index in [2.05, 4.69) is 20.7 Å². The van der Waals surface area contributed by atoms with Gasteiger partial charge in [-0.2, -0.15) is 0 Å².